The van der Waals surface area contributed by atoms with E-state index in [0.717, 1.165) is 38.9 Å². The Morgan fingerprint density at radius 3 is 1.85 bits per heavy atom. The number of allylic oxidation sites excluding steroid dienone is 4. The van der Waals surface area contributed by atoms with E-state index in [1.807, 2.05) is 52.0 Å². The molecule has 13 nitrogen and oxygen atoms in total. The summed E-state index contributed by atoms with van der Waals surface area (Å²) >= 11 is 0. The van der Waals surface area contributed by atoms with Crippen molar-refractivity contribution in [3.05, 3.63) is 87.0 Å². The first-order valence-electron chi connectivity index (χ1n) is 17.6. The Labute approximate surface area is 312 Å². The molecule has 3 aromatic heterocycles. The summed E-state index contributed by atoms with van der Waals surface area (Å²) in [6.07, 6.45) is 4.36. The number of carbonyl (C=O) groups is 4. The first kappa shape index (κ1) is 37.9. The van der Waals surface area contributed by atoms with Crippen LogP contribution in [0.1, 0.15) is 71.7 Å². The highest BCUT2D eigenvalue weighted by Crippen LogP contribution is 2.52. The van der Waals surface area contributed by atoms with Crippen LogP contribution in [0.4, 0.5) is 0 Å². The second kappa shape index (κ2) is 14.9. The van der Waals surface area contributed by atoms with Crippen molar-refractivity contribution in [2.24, 2.45) is 5.92 Å². The number of esters is 4. The number of carbonyl (C=O) groups excluding carboxylic acids is 4. The Hall–Kier alpha value is -5.82. The maximum atomic E-state index is 13.7. The zero-order valence-corrected chi connectivity index (χ0v) is 31.7. The van der Waals surface area contributed by atoms with Crippen molar-refractivity contribution in [1.82, 2.24) is 19.9 Å². The fourth-order valence-electron chi connectivity index (χ4n) is 7.76. The molecule has 2 unspecified atom stereocenters. The van der Waals surface area contributed by atoms with E-state index in [-0.39, 0.29) is 37.0 Å². The zero-order chi connectivity index (χ0) is 39.1. The molecule has 3 aromatic rings. The van der Waals surface area contributed by atoms with Crippen molar-refractivity contribution >= 4 is 62.7 Å². The third-order valence-corrected chi connectivity index (χ3v) is 11.0. The van der Waals surface area contributed by atoms with Gasteiger partial charge in [-0.25, -0.2) is 9.78 Å². The number of aromatic nitrogens is 4. The van der Waals surface area contributed by atoms with Gasteiger partial charge in [-0.05, 0) is 98.2 Å². The maximum absolute atomic E-state index is 13.7. The maximum Gasteiger partial charge on any atom is 0.334 e. The minimum Gasteiger partial charge on any atom is -0.469 e. The van der Waals surface area contributed by atoms with Gasteiger partial charge >= 0.3 is 23.9 Å². The van der Waals surface area contributed by atoms with E-state index in [9.17, 15) is 24.3 Å². The fourth-order valence-corrected chi connectivity index (χ4v) is 7.76. The van der Waals surface area contributed by atoms with Gasteiger partial charge in [0, 0.05) is 40.5 Å². The third kappa shape index (κ3) is 6.42. The molecule has 0 saturated heterocycles. The van der Waals surface area contributed by atoms with Gasteiger partial charge in [-0.15, -0.1) is 0 Å². The van der Waals surface area contributed by atoms with Crippen LogP contribution in [-0.2, 0) is 56.4 Å². The number of ether oxygens (including phenoxy) is 4. The van der Waals surface area contributed by atoms with Gasteiger partial charge in [-0.2, -0.15) is 0 Å². The lowest BCUT2D eigenvalue weighted by Crippen LogP contribution is -2.42. The zero-order valence-electron chi connectivity index (χ0n) is 31.7. The molecular weight excluding hydrogens is 692 g/mol. The highest BCUT2D eigenvalue weighted by atomic mass is 16.5. The van der Waals surface area contributed by atoms with E-state index in [1.54, 1.807) is 12.2 Å². The first-order valence-corrected chi connectivity index (χ1v) is 17.6. The predicted octanol–water partition coefficient (Wildman–Crippen LogP) is 5.31. The largest absolute Gasteiger partial charge is 0.469 e. The molecule has 6 rings (SSSR count). The summed E-state index contributed by atoms with van der Waals surface area (Å²) in [5.41, 5.74) is 9.45. The van der Waals surface area contributed by atoms with E-state index >= 15 is 0 Å². The number of hydrogen-bond donors (Lipinski definition) is 3. The van der Waals surface area contributed by atoms with Gasteiger partial charge < -0.3 is 34.0 Å². The molecule has 0 saturated carbocycles. The van der Waals surface area contributed by atoms with E-state index < -0.39 is 23.3 Å². The summed E-state index contributed by atoms with van der Waals surface area (Å²) < 4.78 is 20.3. The molecule has 1 aliphatic carbocycles. The summed E-state index contributed by atoms with van der Waals surface area (Å²) in [6.45, 7) is 7.37. The monoisotopic (exact) mass is 736 g/mol. The molecule has 0 radical (unpaired) electrons. The summed E-state index contributed by atoms with van der Waals surface area (Å²) in [7, 11) is 5.24. The summed E-state index contributed by atoms with van der Waals surface area (Å²) in [4.78, 5) is 68.7. The second-order valence-electron chi connectivity index (χ2n) is 13.7. The average molecular weight is 737 g/mol. The van der Waals surface area contributed by atoms with E-state index in [2.05, 4.69) is 9.97 Å². The van der Waals surface area contributed by atoms with Crippen molar-refractivity contribution < 1.29 is 43.2 Å². The topological polar surface area (TPSA) is 183 Å². The number of rotatable bonds is 9. The molecule has 2 aliphatic heterocycles. The van der Waals surface area contributed by atoms with Crippen molar-refractivity contribution in [1.29, 1.82) is 0 Å². The molecule has 0 amide bonds. The smallest absolute Gasteiger partial charge is 0.334 e. The molecule has 3 N–H and O–H groups in total. The van der Waals surface area contributed by atoms with E-state index in [4.69, 9.17) is 28.9 Å². The molecule has 0 fully saturated rings. The van der Waals surface area contributed by atoms with Crippen LogP contribution in [0.15, 0.2) is 42.0 Å². The van der Waals surface area contributed by atoms with Crippen LogP contribution in [0.3, 0.4) is 0 Å². The van der Waals surface area contributed by atoms with Crippen molar-refractivity contribution in [2.75, 3.05) is 35.0 Å². The number of nitrogens with one attached hydrogen (secondary N) is 2. The van der Waals surface area contributed by atoms with Gasteiger partial charge in [0.15, 0.2) is 0 Å². The van der Waals surface area contributed by atoms with Crippen LogP contribution < -0.4 is 0 Å². The lowest BCUT2D eigenvalue weighted by molar-refractivity contribution is -0.149. The minimum atomic E-state index is -1.19. The van der Waals surface area contributed by atoms with E-state index in [1.165, 1.54) is 28.4 Å². The van der Waals surface area contributed by atoms with Crippen molar-refractivity contribution in [2.45, 2.75) is 58.8 Å². The molecule has 282 valence electrons. The highest BCUT2D eigenvalue weighted by molar-refractivity contribution is 6.02. The summed E-state index contributed by atoms with van der Waals surface area (Å²) in [5, 5.41) is 10.6. The lowest BCUT2D eigenvalue weighted by atomic mass is 9.64. The first-order chi connectivity index (χ1) is 25.8. The quantitative estimate of drug-likeness (QED) is 0.191. The number of nitrogens with zero attached hydrogens (tertiary/aromatic N) is 2. The van der Waals surface area contributed by atoms with Crippen LogP contribution in [-0.4, -0.2) is 84.0 Å². The van der Waals surface area contributed by atoms with Crippen molar-refractivity contribution in [3.63, 3.8) is 0 Å². The normalized spacial score (nSPS) is 17.7. The SMILES string of the molecule is COC(=O)CCc1c(C)c2cc3nc(cc4nc(cc5[nH]c(cc1[nH]2)c(CCC(=O)OC)c5C)C1(C)C4=CC=C(C(=O)OC)C1C(=O)OC)C(C)=C3CO. The number of aliphatic hydroxyl groups excluding tert-OH is 1. The Morgan fingerprint density at radius 1 is 0.722 bits per heavy atom. The molecule has 0 aromatic carbocycles. The standard InChI is InChI=1S/C41H44N4O9/c1-20-23(10-13-36(47)51-5)31-17-32-24(11-14-37(48)52-6)21(2)30(44-32)18-35-41(4)27(12-9-25(39(49)53-7)38(41)40(50)54-8)34(45-35)16-29-22(3)26(19-46)33(43-29)15-28(20)42-31/h9,12,15-18,38,42,44,46H,10-11,13-14,19H2,1-8H3. The number of aliphatic hydroxyl groups is 1. The predicted molar refractivity (Wildman–Crippen MR) is 202 cm³/mol. The van der Waals surface area contributed by atoms with Gasteiger partial charge in [0.05, 0.1) is 68.8 Å². The molecule has 13 heteroatoms. The van der Waals surface area contributed by atoms with Crippen LogP contribution >= 0.6 is 0 Å². The molecule has 0 spiro atoms. The molecular formula is C41H44N4O9. The van der Waals surface area contributed by atoms with Gasteiger partial charge in [0.2, 0.25) is 0 Å². The number of fused-ring (bicyclic) bond motifs is 11. The molecule has 54 heavy (non-hydrogen) atoms. The van der Waals surface area contributed by atoms with Crippen molar-refractivity contribution in [3.8, 4) is 0 Å². The summed E-state index contributed by atoms with van der Waals surface area (Å²) in [6, 6.07) is 7.51. The van der Waals surface area contributed by atoms with Gasteiger partial charge in [0.25, 0.3) is 0 Å². The number of H-pyrrole nitrogens is 2. The highest BCUT2D eigenvalue weighted by Gasteiger charge is 2.53. The Kier molecular flexibility index (Phi) is 10.5. The average Bonchev–Trinajstić information content (AvgIpc) is 3.82. The number of aromatic amines is 2. The Morgan fingerprint density at radius 2 is 1.31 bits per heavy atom. The lowest BCUT2D eigenvalue weighted by Gasteiger charge is -2.36. The molecule has 3 aliphatic rings. The molecule has 2 atom stereocenters. The number of aryl methyl sites for hydroxylation is 4. The minimum absolute atomic E-state index is 0.123. The van der Waals surface area contributed by atoms with Gasteiger partial charge in [-0.1, -0.05) is 12.2 Å². The fraction of sp³-hybridized carbons (Fsp3) is 0.366. The van der Waals surface area contributed by atoms with Crippen LogP contribution in [0, 0.1) is 19.8 Å². The van der Waals surface area contributed by atoms with E-state index in [0.29, 0.717) is 57.8 Å². The van der Waals surface area contributed by atoms with Crippen LogP contribution in [0.2, 0.25) is 0 Å². The third-order valence-electron chi connectivity index (χ3n) is 11.0. The molecule has 8 bridgehead atoms. The van der Waals surface area contributed by atoms with Gasteiger partial charge in [0.1, 0.15) is 5.92 Å². The van der Waals surface area contributed by atoms with Crippen LogP contribution in [0.25, 0.3) is 38.8 Å². The van der Waals surface area contributed by atoms with Crippen LogP contribution in [0.5, 0.6) is 0 Å². The Bertz CT molecular complexity index is 2360. The Balaban J connectivity index is 1.77. The second-order valence-corrected chi connectivity index (χ2v) is 13.7. The molecule has 5 heterocycles. The summed E-state index contributed by atoms with van der Waals surface area (Å²) in [5.74, 6) is -3.12. The number of methoxy groups -OCH3 is 4. The van der Waals surface area contributed by atoms with Gasteiger partial charge in [-0.3, -0.25) is 19.4 Å². The number of hydrogen-bond acceptors (Lipinski definition) is 11.